The summed E-state index contributed by atoms with van der Waals surface area (Å²) in [5.41, 5.74) is 0.632. The Morgan fingerprint density at radius 2 is 1.62 bits per heavy atom. The van der Waals surface area contributed by atoms with Gasteiger partial charge in [0.1, 0.15) is 23.1 Å². The highest BCUT2D eigenvalue weighted by atomic mass is 35.5. The first-order valence-electron chi connectivity index (χ1n) is 14.0. The molecule has 2 aliphatic carbocycles. The summed E-state index contributed by atoms with van der Waals surface area (Å²) in [7, 11) is 2.65. The molecule has 2 saturated heterocycles. The minimum absolute atomic E-state index is 0.0195. The predicted molar refractivity (Wildman–Crippen MR) is 157 cm³/mol. The molecule has 6 atom stereocenters. The van der Waals surface area contributed by atoms with E-state index < -0.39 is 75.3 Å². The summed E-state index contributed by atoms with van der Waals surface area (Å²) >= 11 is 14.7. The Morgan fingerprint density at radius 3 is 2.20 bits per heavy atom. The summed E-state index contributed by atoms with van der Waals surface area (Å²) in [5, 5.41) is 19.6. The first-order chi connectivity index (χ1) is 21.3. The van der Waals surface area contributed by atoms with Crippen LogP contribution in [-0.2, 0) is 24.0 Å². The molecule has 0 unspecified atom stereocenters. The van der Waals surface area contributed by atoms with E-state index in [0.717, 1.165) is 21.9 Å². The molecule has 2 aromatic carbocycles. The summed E-state index contributed by atoms with van der Waals surface area (Å²) in [5.74, 6) is -8.92. The van der Waals surface area contributed by atoms with E-state index in [4.69, 9.17) is 32.7 Å². The van der Waals surface area contributed by atoms with Crippen molar-refractivity contribution in [3.63, 3.8) is 0 Å². The van der Waals surface area contributed by atoms with Gasteiger partial charge in [0.05, 0.1) is 38.2 Å². The Labute approximate surface area is 266 Å². The average Bonchev–Trinajstić information content (AvgIpc) is 3.33. The number of phenols is 1. The maximum Gasteiger partial charge on any atom is 0.305 e. The van der Waals surface area contributed by atoms with Gasteiger partial charge in [-0.05, 0) is 43.0 Å². The van der Waals surface area contributed by atoms with Crippen molar-refractivity contribution in [2.45, 2.75) is 34.9 Å². The number of imide groups is 2. The number of anilines is 1. The molecular weight excluding hydrogens is 634 g/mol. The smallest absolute Gasteiger partial charge is 0.305 e. The van der Waals surface area contributed by atoms with Crippen LogP contribution < -0.4 is 14.4 Å². The molecule has 236 valence electrons. The lowest BCUT2D eigenvalue weighted by Crippen LogP contribution is -2.60. The van der Waals surface area contributed by atoms with Crippen molar-refractivity contribution in [2.75, 3.05) is 25.7 Å². The Hall–Kier alpha value is -4.16. The van der Waals surface area contributed by atoms with Crippen molar-refractivity contribution in [2.24, 2.45) is 17.8 Å². The maximum atomic E-state index is 14.5. The monoisotopic (exact) mass is 660 g/mol. The summed E-state index contributed by atoms with van der Waals surface area (Å²) in [6.07, 6.45) is 0.998. The number of benzene rings is 2. The van der Waals surface area contributed by atoms with Crippen molar-refractivity contribution in [1.82, 2.24) is 4.90 Å². The normalized spacial score (nSPS) is 30.6. The number of hydrogen-bond donors (Lipinski definition) is 2. The van der Waals surface area contributed by atoms with E-state index in [-0.39, 0.29) is 47.9 Å². The maximum absolute atomic E-state index is 14.5. The Morgan fingerprint density at radius 1 is 1.00 bits per heavy atom. The second kappa shape index (κ2) is 10.7. The lowest BCUT2D eigenvalue weighted by atomic mass is 9.56. The number of carboxylic acid groups (broad SMARTS) is 1. The number of alkyl halides is 2. The first kappa shape index (κ1) is 30.8. The number of ether oxygens (including phenoxy) is 2. The molecule has 3 fully saturated rings. The standard InChI is InChI=1S/C31H27Cl2FN2O9/c1-44-20-11-16(37)12-21(45-2)24(20)25-17-7-8-18-23(27(41)35(26(18)40)10-9-22(38)39)19(17)13-30(32)28(42)36(29(43)31(25,30)33)15-5-3-14(34)4-6-15/h3-7,11-12,18-19,23,25,37H,8-10,13H2,1-2H3,(H,38,39)/t18-,19+,23-,25+,30+,31-/m0/s1. The molecule has 0 bridgehead atoms. The molecule has 2 heterocycles. The number of hydrogen-bond acceptors (Lipinski definition) is 8. The van der Waals surface area contributed by atoms with Gasteiger partial charge >= 0.3 is 5.97 Å². The molecule has 2 aliphatic heterocycles. The highest BCUT2D eigenvalue weighted by molar-refractivity contribution is 6.58. The zero-order valence-corrected chi connectivity index (χ0v) is 25.5. The third kappa shape index (κ3) is 4.25. The van der Waals surface area contributed by atoms with Crippen molar-refractivity contribution >= 4 is 58.5 Å². The van der Waals surface area contributed by atoms with E-state index in [1.54, 1.807) is 6.08 Å². The van der Waals surface area contributed by atoms with Gasteiger partial charge < -0.3 is 19.7 Å². The minimum Gasteiger partial charge on any atom is -0.508 e. The van der Waals surface area contributed by atoms with Crippen LogP contribution in [0.25, 0.3) is 0 Å². The van der Waals surface area contributed by atoms with Crippen molar-refractivity contribution in [3.05, 3.63) is 59.4 Å². The molecular formula is C31H27Cl2FN2O9. The largest absolute Gasteiger partial charge is 0.508 e. The van der Waals surface area contributed by atoms with Gasteiger partial charge in [-0.2, -0.15) is 0 Å². The number of phenolic OH excluding ortho intramolecular Hbond substituents is 1. The molecule has 2 aromatic rings. The molecule has 1 saturated carbocycles. The quantitative estimate of drug-likeness (QED) is 0.258. The van der Waals surface area contributed by atoms with Crippen LogP contribution in [0.5, 0.6) is 17.2 Å². The fourth-order valence-electron chi connectivity index (χ4n) is 7.42. The minimum atomic E-state index is -2.25. The van der Waals surface area contributed by atoms with Crippen LogP contribution in [0.3, 0.4) is 0 Å². The van der Waals surface area contributed by atoms with E-state index >= 15 is 0 Å². The number of nitrogens with zero attached hydrogens (tertiary/aromatic N) is 2. The van der Waals surface area contributed by atoms with Gasteiger partial charge in [-0.1, -0.05) is 11.6 Å². The number of carbonyl (C=O) groups is 5. The van der Waals surface area contributed by atoms with Crippen molar-refractivity contribution in [1.29, 1.82) is 0 Å². The molecule has 0 aromatic heterocycles. The van der Waals surface area contributed by atoms with Crippen molar-refractivity contribution < 1.29 is 48.0 Å². The zero-order valence-electron chi connectivity index (χ0n) is 24.0. The lowest BCUT2D eigenvalue weighted by Gasteiger charge is -2.51. The SMILES string of the molecule is COc1cc(O)cc(OC)c1[C@H]1C2=CC[C@@H]3C(=O)N(CCC(=O)O)C(=O)[C@@H]3[C@@H]2C[C@@]2(Cl)C(=O)N(c3ccc(F)cc3)C(=O)[C@@]12Cl. The molecule has 4 aliphatic rings. The number of rotatable bonds is 7. The van der Waals surface area contributed by atoms with Gasteiger partial charge in [-0.15, -0.1) is 23.2 Å². The Balaban J connectivity index is 1.58. The average molecular weight is 661 g/mol. The van der Waals surface area contributed by atoms with Gasteiger partial charge in [0.15, 0.2) is 9.75 Å². The van der Waals surface area contributed by atoms with Gasteiger partial charge in [0, 0.05) is 30.2 Å². The number of allylic oxidation sites excluding steroid dienone is 2. The number of likely N-dealkylation sites (tertiary alicyclic amines) is 1. The molecule has 14 heteroatoms. The van der Waals surface area contributed by atoms with Gasteiger partial charge in [-0.3, -0.25) is 28.9 Å². The van der Waals surface area contributed by atoms with E-state index in [1.165, 1.54) is 38.5 Å². The topological polar surface area (TPSA) is 151 Å². The van der Waals surface area contributed by atoms with Gasteiger partial charge in [0.2, 0.25) is 11.8 Å². The zero-order chi connectivity index (χ0) is 32.6. The summed E-state index contributed by atoms with van der Waals surface area (Å²) in [4.78, 5) is 64.5. The Bertz CT molecular complexity index is 1670. The van der Waals surface area contributed by atoms with Gasteiger partial charge in [0.25, 0.3) is 11.8 Å². The number of methoxy groups -OCH3 is 2. The fraction of sp³-hybridized carbons (Fsp3) is 0.387. The van der Waals surface area contributed by atoms with E-state index in [9.17, 15) is 38.6 Å². The molecule has 2 N–H and O–H groups in total. The van der Waals surface area contributed by atoms with Crippen LogP contribution >= 0.6 is 23.2 Å². The highest BCUT2D eigenvalue weighted by Crippen LogP contribution is 2.67. The first-order valence-corrected chi connectivity index (χ1v) is 14.8. The molecule has 0 spiro atoms. The van der Waals surface area contributed by atoms with E-state index in [1.807, 2.05) is 0 Å². The summed E-state index contributed by atoms with van der Waals surface area (Å²) < 4.78 is 25.0. The number of amides is 4. The van der Waals surface area contributed by atoms with Crippen LogP contribution in [-0.4, -0.2) is 75.2 Å². The fourth-order valence-corrected chi connectivity index (χ4v) is 8.34. The number of aliphatic carboxylic acids is 1. The number of halogens is 3. The molecule has 4 amide bonds. The van der Waals surface area contributed by atoms with Crippen LogP contribution in [0.2, 0.25) is 0 Å². The van der Waals surface area contributed by atoms with Crippen LogP contribution in [0.1, 0.15) is 30.7 Å². The third-order valence-electron chi connectivity index (χ3n) is 9.35. The summed E-state index contributed by atoms with van der Waals surface area (Å²) in [6.45, 7) is -0.327. The second-order valence-corrected chi connectivity index (χ2v) is 12.7. The molecule has 6 rings (SSSR count). The van der Waals surface area contributed by atoms with Crippen LogP contribution in [0, 0.1) is 23.6 Å². The number of carbonyl (C=O) groups excluding carboxylic acids is 4. The molecule has 45 heavy (non-hydrogen) atoms. The second-order valence-electron chi connectivity index (χ2n) is 11.5. The number of fused-ring (bicyclic) bond motifs is 4. The van der Waals surface area contributed by atoms with Crippen molar-refractivity contribution in [3.8, 4) is 17.2 Å². The predicted octanol–water partition coefficient (Wildman–Crippen LogP) is 3.59. The van der Waals surface area contributed by atoms with Gasteiger partial charge in [-0.25, -0.2) is 9.29 Å². The number of carboxylic acids is 1. The molecule has 0 radical (unpaired) electrons. The van der Waals surface area contributed by atoms with Crippen LogP contribution in [0.4, 0.5) is 10.1 Å². The van der Waals surface area contributed by atoms with E-state index in [2.05, 4.69) is 0 Å². The number of aromatic hydroxyl groups is 1. The third-order valence-corrected chi connectivity index (χ3v) is 10.8. The van der Waals surface area contributed by atoms with Crippen LogP contribution in [0.15, 0.2) is 48.0 Å². The molecule has 11 nitrogen and oxygen atoms in total. The summed E-state index contributed by atoms with van der Waals surface area (Å²) in [6, 6.07) is 7.18. The highest BCUT2D eigenvalue weighted by Gasteiger charge is 2.77. The lowest BCUT2D eigenvalue weighted by molar-refractivity contribution is -0.142. The Kier molecular flexibility index (Phi) is 7.36. The van der Waals surface area contributed by atoms with E-state index in [0.29, 0.717) is 5.57 Å².